The van der Waals surface area contributed by atoms with E-state index in [4.69, 9.17) is 4.74 Å². The number of fused-ring (bicyclic) bond motifs is 1. The predicted molar refractivity (Wildman–Crippen MR) is 87.9 cm³/mol. The summed E-state index contributed by atoms with van der Waals surface area (Å²) < 4.78 is 7.90. The van der Waals surface area contributed by atoms with E-state index in [-0.39, 0.29) is 0 Å². The minimum atomic E-state index is 0.431. The van der Waals surface area contributed by atoms with Crippen LogP contribution in [-0.2, 0) is 18.2 Å². The normalized spacial score (nSPS) is 31.8. The monoisotopic (exact) mass is 309 g/mol. The lowest BCUT2D eigenvalue weighted by Gasteiger charge is -2.45. The Morgan fingerprint density at radius 1 is 1.48 bits per heavy atom. The van der Waals surface area contributed by atoms with Crippen LogP contribution in [0.5, 0.6) is 0 Å². The molecular formula is C16H27N3OS. The lowest BCUT2D eigenvalue weighted by molar-refractivity contribution is -0.00599. The van der Waals surface area contributed by atoms with Crippen LogP contribution < -0.4 is 5.32 Å². The third-order valence-electron chi connectivity index (χ3n) is 4.96. The highest BCUT2D eigenvalue weighted by atomic mass is 32.2. The summed E-state index contributed by atoms with van der Waals surface area (Å²) in [5, 5.41) is 9.12. The van der Waals surface area contributed by atoms with Crippen LogP contribution in [0.25, 0.3) is 0 Å². The van der Waals surface area contributed by atoms with E-state index in [2.05, 4.69) is 42.2 Å². The molecule has 1 heterocycles. The molecular weight excluding hydrogens is 282 g/mol. The highest BCUT2D eigenvalue weighted by molar-refractivity contribution is 7.99. The largest absolute Gasteiger partial charge is 0.377 e. The van der Waals surface area contributed by atoms with Gasteiger partial charge in [0, 0.05) is 42.2 Å². The number of nitrogens with one attached hydrogen (secondary N) is 1. The Kier molecular flexibility index (Phi) is 4.62. The molecule has 0 amide bonds. The zero-order valence-electron chi connectivity index (χ0n) is 13.6. The summed E-state index contributed by atoms with van der Waals surface area (Å²) in [6.07, 6.45) is 7.44. The first-order chi connectivity index (χ1) is 10.2. The number of thioether (sulfide) groups is 1. The molecule has 2 aliphatic carbocycles. The molecule has 4 nitrogen and oxygen atoms in total. The lowest BCUT2D eigenvalue weighted by atomic mass is 9.84. The van der Waals surface area contributed by atoms with Gasteiger partial charge in [-0.05, 0) is 45.8 Å². The highest BCUT2D eigenvalue weighted by Gasteiger charge is 2.42. The van der Waals surface area contributed by atoms with Crippen LogP contribution in [0.4, 0.5) is 0 Å². The third-order valence-corrected chi connectivity index (χ3v) is 6.14. The predicted octanol–water partition coefficient (Wildman–Crippen LogP) is 2.60. The zero-order valence-corrected chi connectivity index (χ0v) is 14.4. The van der Waals surface area contributed by atoms with Gasteiger partial charge in [-0.1, -0.05) is 0 Å². The van der Waals surface area contributed by atoms with Gasteiger partial charge in [-0.3, -0.25) is 4.68 Å². The van der Waals surface area contributed by atoms with Gasteiger partial charge in [-0.25, -0.2) is 0 Å². The number of hydrogen-bond donors (Lipinski definition) is 1. The number of hydrogen-bond acceptors (Lipinski definition) is 4. The van der Waals surface area contributed by atoms with Gasteiger partial charge in [0.15, 0.2) is 0 Å². The average Bonchev–Trinajstić information content (AvgIpc) is 2.74. The molecule has 3 rings (SSSR count). The summed E-state index contributed by atoms with van der Waals surface area (Å²) in [6, 6.07) is 1.05. The van der Waals surface area contributed by atoms with Crippen molar-refractivity contribution in [1.82, 2.24) is 15.1 Å². The number of nitrogens with zero attached hydrogens (tertiary/aromatic N) is 2. The molecule has 1 saturated carbocycles. The second kappa shape index (κ2) is 6.31. The van der Waals surface area contributed by atoms with Crippen LogP contribution in [-0.4, -0.2) is 40.0 Å². The van der Waals surface area contributed by atoms with Gasteiger partial charge in [-0.2, -0.15) is 16.9 Å². The lowest BCUT2D eigenvalue weighted by Crippen LogP contribution is -2.58. The zero-order chi connectivity index (χ0) is 15.0. The molecule has 118 valence electrons. The van der Waals surface area contributed by atoms with E-state index in [9.17, 15) is 0 Å². The summed E-state index contributed by atoms with van der Waals surface area (Å²) in [4.78, 5) is 0. The topological polar surface area (TPSA) is 39.1 Å². The van der Waals surface area contributed by atoms with Gasteiger partial charge in [-0.15, -0.1) is 0 Å². The van der Waals surface area contributed by atoms with Crippen molar-refractivity contribution in [1.29, 1.82) is 0 Å². The maximum absolute atomic E-state index is 5.82. The maximum atomic E-state index is 5.82. The van der Waals surface area contributed by atoms with Crippen LogP contribution in [0, 0.1) is 6.92 Å². The van der Waals surface area contributed by atoms with Crippen molar-refractivity contribution < 1.29 is 4.74 Å². The molecule has 0 saturated heterocycles. The first-order valence-corrected chi connectivity index (χ1v) is 9.37. The Balaban J connectivity index is 1.70. The van der Waals surface area contributed by atoms with Gasteiger partial charge in [0.25, 0.3) is 0 Å². The third kappa shape index (κ3) is 2.76. The summed E-state index contributed by atoms with van der Waals surface area (Å²) in [5.74, 6) is 0. The van der Waals surface area contributed by atoms with E-state index in [1.54, 1.807) is 0 Å². The van der Waals surface area contributed by atoms with E-state index in [0.717, 1.165) is 13.0 Å². The molecule has 0 radical (unpaired) electrons. The molecule has 0 aromatic carbocycles. The number of rotatable bonds is 5. The van der Waals surface area contributed by atoms with E-state index in [1.807, 2.05) is 11.8 Å². The smallest absolute Gasteiger partial charge is 0.0723 e. The Bertz CT molecular complexity index is 502. The number of aromatic nitrogens is 2. The minimum Gasteiger partial charge on any atom is -0.377 e. The van der Waals surface area contributed by atoms with E-state index >= 15 is 0 Å². The Morgan fingerprint density at radius 3 is 3.00 bits per heavy atom. The molecule has 0 bridgehead atoms. The highest BCUT2D eigenvalue weighted by Crippen LogP contribution is 2.38. The van der Waals surface area contributed by atoms with Crippen LogP contribution in [0.2, 0.25) is 0 Å². The molecule has 0 spiro atoms. The molecule has 4 atom stereocenters. The van der Waals surface area contributed by atoms with Gasteiger partial charge >= 0.3 is 0 Å². The van der Waals surface area contributed by atoms with E-state index in [1.165, 1.54) is 36.2 Å². The summed E-state index contributed by atoms with van der Waals surface area (Å²) >= 11 is 1.94. The summed E-state index contributed by atoms with van der Waals surface area (Å²) in [7, 11) is 2.08. The van der Waals surface area contributed by atoms with Crippen molar-refractivity contribution >= 4 is 11.8 Å². The standard InChI is InChI=1S/C16H27N3OS/c1-5-20-14-9-12(16(14)21-4)17-11-7-6-8-13-15(11)10(2)18-19(13)3/h11-12,14,16-17H,5-9H2,1-4H3/t11?,12-,14-,16+/m1/s1. The SMILES string of the molecule is CCO[C@@H]1C[C@@H](NC2CCCc3c2c(C)nn3C)[C@@H]1SC. The molecule has 1 N–H and O–H groups in total. The van der Waals surface area contributed by atoms with Crippen molar-refractivity contribution in [3.63, 3.8) is 0 Å². The Morgan fingerprint density at radius 2 is 2.29 bits per heavy atom. The fourth-order valence-corrected chi connectivity index (χ4v) is 4.96. The van der Waals surface area contributed by atoms with Gasteiger partial charge < -0.3 is 10.1 Å². The van der Waals surface area contributed by atoms with E-state index < -0.39 is 0 Å². The maximum Gasteiger partial charge on any atom is 0.0723 e. The minimum absolute atomic E-state index is 0.431. The fourth-order valence-electron chi connectivity index (χ4n) is 3.95. The molecule has 21 heavy (non-hydrogen) atoms. The van der Waals surface area contributed by atoms with Gasteiger partial charge in [0.2, 0.25) is 0 Å². The molecule has 1 unspecified atom stereocenters. The van der Waals surface area contributed by atoms with Crippen LogP contribution >= 0.6 is 11.8 Å². The van der Waals surface area contributed by atoms with Gasteiger partial charge in [0.05, 0.1) is 11.8 Å². The second-order valence-corrected chi connectivity index (χ2v) is 7.23. The second-order valence-electron chi connectivity index (χ2n) is 6.22. The summed E-state index contributed by atoms with van der Waals surface area (Å²) in [6.45, 7) is 5.06. The first kappa shape index (κ1) is 15.4. The quantitative estimate of drug-likeness (QED) is 0.907. The van der Waals surface area contributed by atoms with Crippen LogP contribution in [0.15, 0.2) is 0 Å². The number of aryl methyl sites for hydroxylation is 2. The Hall–Kier alpha value is -0.520. The van der Waals surface area contributed by atoms with Crippen molar-refractivity contribution in [3.05, 3.63) is 17.0 Å². The van der Waals surface area contributed by atoms with Crippen molar-refractivity contribution in [2.24, 2.45) is 7.05 Å². The molecule has 1 fully saturated rings. The average molecular weight is 309 g/mol. The molecule has 2 aliphatic rings. The molecule has 5 heteroatoms. The van der Waals surface area contributed by atoms with Crippen molar-refractivity contribution in [2.75, 3.05) is 12.9 Å². The molecule has 1 aromatic rings. The first-order valence-electron chi connectivity index (χ1n) is 8.08. The molecule has 0 aliphatic heterocycles. The number of ether oxygens (including phenoxy) is 1. The van der Waals surface area contributed by atoms with Crippen molar-refractivity contribution in [2.45, 2.75) is 63.0 Å². The van der Waals surface area contributed by atoms with Crippen molar-refractivity contribution in [3.8, 4) is 0 Å². The van der Waals surface area contributed by atoms with Gasteiger partial charge in [0.1, 0.15) is 0 Å². The summed E-state index contributed by atoms with van der Waals surface area (Å²) in [5.41, 5.74) is 4.09. The molecule has 1 aromatic heterocycles. The van der Waals surface area contributed by atoms with E-state index in [0.29, 0.717) is 23.4 Å². The van der Waals surface area contributed by atoms with Crippen LogP contribution in [0.1, 0.15) is 49.2 Å². The van der Waals surface area contributed by atoms with Crippen LogP contribution in [0.3, 0.4) is 0 Å². The fraction of sp³-hybridized carbons (Fsp3) is 0.812. The Labute approximate surface area is 132 Å².